The van der Waals surface area contributed by atoms with Crippen molar-refractivity contribution in [1.82, 2.24) is 15.3 Å². The van der Waals surface area contributed by atoms with E-state index in [0.29, 0.717) is 42.4 Å². The molecule has 0 saturated heterocycles. The lowest BCUT2D eigenvalue weighted by molar-refractivity contribution is -0.109. The number of nitrogens with one attached hydrogen (secondary N) is 4. The Morgan fingerprint density at radius 3 is 2.42 bits per heavy atom. The Hall–Kier alpha value is -3.24. The molecule has 0 saturated carbocycles. The molecule has 4 N–H and O–H groups in total. The average molecular weight is 439 g/mol. The van der Waals surface area contributed by atoms with Gasteiger partial charge in [-0.3, -0.25) is 4.79 Å². The molecule has 0 radical (unpaired) electrons. The van der Waals surface area contributed by atoms with Crippen molar-refractivity contribution in [2.45, 2.75) is 39.3 Å². The van der Waals surface area contributed by atoms with Crippen molar-refractivity contribution in [2.75, 3.05) is 41.1 Å². The van der Waals surface area contributed by atoms with Crippen molar-refractivity contribution in [3.63, 3.8) is 0 Å². The number of carbonyl (C=O) groups excluding carboxylic acids is 1. The minimum atomic E-state index is -1.05. The van der Waals surface area contributed by atoms with Crippen LogP contribution < -0.4 is 26.2 Å². The molecule has 0 aliphatic rings. The molecule has 2 rings (SSSR count). The van der Waals surface area contributed by atoms with E-state index in [2.05, 4.69) is 31.2 Å². The third kappa shape index (κ3) is 6.37. The van der Waals surface area contributed by atoms with Crippen LogP contribution in [0.1, 0.15) is 27.2 Å². The molecule has 0 aliphatic heterocycles. The molecule has 0 bridgehead atoms. The van der Waals surface area contributed by atoms with Crippen LogP contribution in [0.2, 0.25) is 0 Å². The summed E-state index contributed by atoms with van der Waals surface area (Å²) in [5.74, 6) is -2.25. The number of amides is 1. The number of anilines is 4. The first-order valence-corrected chi connectivity index (χ1v) is 9.94. The van der Waals surface area contributed by atoms with Crippen LogP contribution >= 0.6 is 0 Å². The lowest BCUT2D eigenvalue weighted by Crippen LogP contribution is -2.45. The Morgan fingerprint density at radius 2 is 1.87 bits per heavy atom. The van der Waals surface area contributed by atoms with Gasteiger partial charge in [0, 0.05) is 37.8 Å². The van der Waals surface area contributed by atoms with Gasteiger partial charge in [-0.2, -0.15) is 4.98 Å². The number of hydrogen-bond donors (Lipinski definition) is 4. The number of nitrogens with zero attached hydrogens (tertiary/aromatic N) is 3. The van der Waals surface area contributed by atoms with Crippen molar-refractivity contribution in [1.29, 1.82) is 0 Å². The summed E-state index contributed by atoms with van der Waals surface area (Å²) in [6.45, 7) is 6.01. The van der Waals surface area contributed by atoms with Gasteiger partial charge in [-0.15, -0.1) is 0 Å². The van der Waals surface area contributed by atoms with Crippen molar-refractivity contribution >= 4 is 29.6 Å². The molecule has 1 aromatic carbocycles. The monoisotopic (exact) mass is 439 g/mol. The molecule has 31 heavy (non-hydrogen) atoms. The Kier molecular flexibility index (Phi) is 8.71. The topological polar surface area (TPSA) is 94.2 Å². The summed E-state index contributed by atoms with van der Waals surface area (Å²) in [4.78, 5) is 21.5. The van der Waals surface area contributed by atoms with Gasteiger partial charge in [-0.1, -0.05) is 6.92 Å². The maximum atomic E-state index is 14.1. The molecule has 2 aromatic rings. The largest absolute Gasteiger partial charge is 0.384 e. The Bertz CT molecular complexity index is 859. The maximum Gasteiger partial charge on any atom is 0.224 e. The minimum Gasteiger partial charge on any atom is -0.384 e. The van der Waals surface area contributed by atoms with Crippen LogP contribution in [0.15, 0.2) is 18.3 Å². The summed E-state index contributed by atoms with van der Waals surface area (Å²) < 4.78 is 41.5. The van der Waals surface area contributed by atoms with Gasteiger partial charge < -0.3 is 26.2 Å². The number of halogens is 3. The fourth-order valence-electron chi connectivity index (χ4n) is 3.01. The molecule has 1 aromatic heterocycles. The zero-order chi connectivity index (χ0) is 23.0. The third-order valence-electron chi connectivity index (χ3n) is 4.51. The summed E-state index contributed by atoms with van der Waals surface area (Å²) >= 11 is 0. The van der Waals surface area contributed by atoms with Gasteiger partial charge in [-0.05, 0) is 20.3 Å². The number of hydrogen-bond acceptors (Lipinski definition) is 7. The number of rotatable bonds is 12. The van der Waals surface area contributed by atoms with Gasteiger partial charge in [0.15, 0.2) is 17.5 Å². The van der Waals surface area contributed by atoms with Crippen molar-refractivity contribution in [3.05, 3.63) is 35.8 Å². The smallest absolute Gasteiger partial charge is 0.224 e. The zero-order valence-corrected chi connectivity index (χ0v) is 18.0. The van der Waals surface area contributed by atoms with E-state index in [0.717, 1.165) is 0 Å². The molecular weight excluding hydrogens is 411 g/mol. The number of carbonyl (C=O) groups is 1. The highest BCUT2D eigenvalue weighted by Gasteiger charge is 2.23. The third-order valence-corrected chi connectivity index (χ3v) is 4.51. The molecule has 1 unspecified atom stereocenters. The first kappa shape index (κ1) is 24.0. The lowest BCUT2D eigenvalue weighted by atomic mass is 10.2. The fourth-order valence-corrected chi connectivity index (χ4v) is 3.01. The molecule has 11 heteroatoms. The highest BCUT2D eigenvalue weighted by molar-refractivity contribution is 5.67. The lowest BCUT2D eigenvalue weighted by Gasteiger charge is -2.34. The van der Waals surface area contributed by atoms with Crippen molar-refractivity contribution < 1.29 is 18.0 Å². The Morgan fingerprint density at radius 1 is 1.19 bits per heavy atom. The Balaban J connectivity index is 2.44. The average Bonchev–Trinajstić information content (AvgIpc) is 2.71. The SMILES string of the molecule is CCC(CNC=O)N(CNc1c(F)cc(F)cc1F)c1nc(NC(C)C)ncc1NC. The van der Waals surface area contributed by atoms with Crippen LogP contribution in [-0.4, -0.2) is 48.7 Å². The summed E-state index contributed by atoms with van der Waals surface area (Å²) in [6.07, 6.45) is 2.77. The summed E-state index contributed by atoms with van der Waals surface area (Å²) in [5, 5.41) is 11.5. The Labute approximate surface area is 179 Å². The van der Waals surface area contributed by atoms with E-state index in [1.54, 1.807) is 18.1 Å². The van der Waals surface area contributed by atoms with Crippen LogP contribution in [0.4, 0.5) is 36.3 Å². The van der Waals surface area contributed by atoms with Gasteiger partial charge in [0.05, 0.1) is 18.6 Å². The normalized spacial score (nSPS) is 11.7. The van der Waals surface area contributed by atoms with Crippen LogP contribution in [0.5, 0.6) is 0 Å². The second-order valence-corrected chi connectivity index (χ2v) is 7.12. The molecule has 1 amide bonds. The second kappa shape index (κ2) is 11.2. The quantitative estimate of drug-likeness (QED) is 0.298. The summed E-state index contributed by atoms with van der Waals surface area (Å²) in [6, 6.07) is 1.03. The molecular formula is C20H28F3N7O. The predicted molar refractivity (Wildman–Crippen MR) is 116 cm³/mol. The van der Waals surface area contributed by atoms with Crippen molar-refractivity contribution in [2.24, 2.45) is 0 Å². The maximum absolute atomic E-state index is 14.1. The van der Waals surface area contributed by atoms with Gasteiger partial charge >= 0.3 is 0 Å². The minimum absolute atomic E-state index is 0.0642. The first-order chi connectivity index (χ1) is 14.8. The van der Waals surface area contributed by atoms with Crippen LogP contribution in [0.25, 0.3) is 0 Å². The molecule has 8 nitrogen and oxygen atoms in total. The van der Waals surface area contributed by atoms with E-state index in [4.69, 9.17) is 0 Å². The van der Waals surface area contributed by atoms with E-state index in [1.165, 1.54) is 0 Å². The molecule has 0 spiro atoms. The molecule has 170 valence electrons. The first-order valence-electron chi connectivity index (χ1n) is 9.94. The van der Waals surface area contributed by atoms with E-state index < -0.39 is 23.1 Å². The number of benzene rings is 1. The van der Waals surface area contributed by atoms with E-state index in [-0.39, 0.29) is 25.3 Å². The van der Waals surface area contributed by atoms with Crippen LogP contribution in [0, 0.1) is 17.5 Å². The van der Waals surface area contributed by atoms with Crippen LogP contribution in [-0.2, 0) is 4.79 Å². The highest BCUT2D eigenvalue weighted by Crippen LogP contribution is 2.28. The number of aromatic nitrogens is 2. The standard InChI is InChI=1S/C20H28F3N7O/c1-5-14(8-25-11-31)30(10-27-18-15(22)6-13(21)7-16(18)23)19-17(24-4)9-26-20(29-19)28-12(2)3/h6-7,9,11-12,14,24,27H,5,8,10H2,1-4H3,(H,25,31)(H,26,28,29). The van der Waals surface area contributed by atoms with Crippen molar-refractivity contribution in [3.8, 4) is 0 Å². The van der Waals surface area contributed by atoms with E-state index in [9.17, 15) is 18.0 Å². The van der Waals surface area contributed by atoms with E-state index >= 15 is 0 Å². The van der Waals surface area contributed by atoms with Gasteiger partial charge in [0.1, 0.15) is 11.5 Å². The van der Waals surface area contributed by atoms with Gasteiger partial charge in [0.25, 0.3) is 0 Å². The summed E-state index contributed by atoms with van der Waals surface area (Å²) in [5.41, 5.74) is 0.130. The molecule has 1 heterocycles. The second-order valence-electron chi connectivity index (χ2n) is 7.12. The predicted octanol–water partition coefficient (Wildman–Crippen LogP) is 3.16. The van der Waals surface area contributed by atoms with Gasteiger partial charge in [-0.25, -0.2) is 18.2 Å². The molecule has 0 fully saturated rings. The van der Waals surface area contributed by atoms with Gasteiger partial charge in [0.2, 0.25) is 12.4 Å². The summed E-state index contributed by atoms with van der Waals surface area (Å²) in [7, 11) is 1.70. The highest BCUT2D eigenvalue weighted by atomic mass is 19.1. The fraction of sp³-hybridized carbons (Fsp3) is 0.450. The molecule has 1 atom stereocenters. The van der Waals surface area contributed by atoms with E-state index in [1.807, 2.05) is 20.8 Å². The van der Waals surface area contributed by atoms with Crippen LogP contribution in [0.3, 0.4) is 0 Å². The molecule has 0 aliphatic carbocycles. The zero-order valence-electron chi connectivity index (χ0n) is 18.0.